The zero-order valence-electron chi connectivity index (χ0n) is 12.2. The van der Waals surface area contributed by atoms with Gasteiger partial charge in [-0.15, -0.1) is 5.23 Å². The van der Waals surface area contributed by atoms with E-state index in [0.717, 1.165) is 31.3 Å². The molecule has 0 bridgehead atoms. The summed E-state index contributed by atoms with van der Waals surface area (Å²) in [4.78, 5) is 11.3. The molecule has 7 heteroatoms. The summed E-state index contributed by atoms with van der Waals surface area (Å²) >= 11 is 0. The molecule has 0 saturated carbocycles. The molecule has 0 N–H and O–H groups in total. The normalized spacial score (nSPS) is 28.3. The van der Waals surface area contributed by atoms with Crippen LogP contribution in [0, 0.1) is 0 Å². The number of hydrogen-bond acceptors (Lipinski definition) is 7. The van der Waals surface area contributed by atoms with Gasteiger partial charge in [0.15, 0.2) is 0 Å². The van der Waals surface area contributed by atoms with Crippen molar-refractivity contribution < 1.29 is 28.6 Å². The molecule has 3 aliphatic heterocycles. The van der Waals surface area contributed by atoms with Gasteiger partial charge in [0.25, 0.3) is 0 Å². The lowest BCUT2D eigenvalue weighted by Crippen LogP contribution is -2.27. The smallest absolute Gasteiger partial charge is 0.119 e. The molecule has 0 aliphatic carbocycles. The molecule has 1 aromatic rings. The fraction of sp³-hybridized carbons (Fsp3) is 0.600. The van der Waals surface area contributed by atoms with Gasteiger partial charge in [-0.25, -0.2) is 9.68 Å². The quantitative estimate of drug-likeness (QED) is 0.470. The minimum Gasteiger partial charge on any atom is -0.491 e. The molecule has 120 valence electrons. The van der Waals surface area contributed by atoms with Crippen molar-refractivity contribution in [2.45, 2.75) is 18.3 Å². The van der Waals surface area contributed by atoms with E-state index < -0.39 is 0 Å². The van der Waals surface area contributed by atoms with E-state index in [1.165, 1.54) is 5.23 Å². The van der Waals surface area contributed by atoms with Gasteiger partial charge in [0.1, 0.15) is 43.9 Å². The van der Waals surface area contributed by atoms with Crippen molar-refractivity contribution in [3.63, 3.8) is 0 Å². The van der Waals surface area contributed by atoms with Crippen LogP contribution in [-0.4, -0.2) is 58.0 Å². The predicted octanol–water partition coefficient (Wildman–Crippen LogP) is 0.931. The van der Waals surface area contributed by atoms with Crippen molar-refractivity contribution in [2.24, 2.45) is 0 Å². The molecule has 0 radical (unpaired) electrons. The van der Waals surface area contributed by atoms with E-state index in [4.69, 9.17) is 28.6 Å². The Labute approximate surface area is 128 Å². The van der Waals surface area contributed by atoms with Gasteiger partial charge in [0.2, 0.25) is 0 Å². The first-order valence-electron chi connectivity index (χ1n) is 7.50. The summed E-state index contributed by atoms with van der Waals surface area (Å²) in [5.74, 6) is 0.801. The molecule has 3 saturated heterocycles. The molecule has 3 atom stereocenters. The van der Waals surface area contributed by atoms with Crippen LogP contribution in [0.25, 0.3) is 0 Å². The molecule has 0 aromatic heterocycles. The second kappa shape index (κ2) is 6.39. The molecule has 0 spiro atoms. The Morgan fingerprint density at radius 2 is 1.32 bits per heavy atom. The molecule has 0 amide bonds. The van der Waals surface area contributed by atoms with Gasteiger partial charge < -0.3 is 18.9 Å². The molecular formula is C15H19NO6. The standard InChI is InChI=1S/C15H19NO6/c1-3-12(17-5-13-6-18-13)4-2-11(1)16(21-9-14-7-19-14)22-10-15-8-20-15/h1-4,13-15H,5-10H2. The van der Waals surface area contributed by atoms with Crippen LogP contribution in [0.2, 0.25) is 0 Å². The van der Waals surface area contributed by atoms with Crippen molar-refractivity contribution in [3.05, 3.63) is 24.3 Å². The van der Waals surface area contributed by atoms with E-state index in [1.54, 1.807) is 0 Å². The Morgan fingerprint density at radius 1 is 0.818 bits per heavy atom. The van der Waals surface area contributed by atoms with Gasteiger partial charge in [-0.2, -0.15) is 0 Å². The van der Waals surface area contributed by atoms with E-state index in [9.17, 15) is 0 Å². The van der Waals surface area contributed by atoms with E-state index in [-0.39, 0.29) is 18.3 Å². The monoisotopic (exact) mass is 309 g/mol. The molecule has 7 nitrogen and oxygen atoms in total. The number of nitrogens with zero attached hydrogens (tertiary/aromatic N) is 1. The molecular weight excluding hydrogens is 290 g/mol. The summed E-state index contributed by atoms with van der Waals surface area (Å²) in [7, 11) is 0. The highest BCUT2D eigenvalue weighted by atomic mass is 17.0. The lowest BCUT2D eigenvalue weighted by Gasteiger charge is -2.22. The summed E-state index contributed by atoms with van der Waals surface area (Å²) in [5, 5.41) is 1.43. The van der Waals surface area contributed by atoms with Crippen LogP contribution in [0.1, 0.15) is 0 Å². The third-order valence-electron chi connectivity index (χ3n) is 3.45. The lowest BCUT2D eigenvalue weighted by molar-refractivity contribution is -0.0960. The van der Waals surface area contributed by atoms with Crippen LogP contribution in [-0.2, 0) is 23.9 Å². The Balaban J connectivity index is 1.32. The van der Waals surface area contributed by atoms with Crippen LogP contribution in [0.15, 0.2) is 24.3 Å². The minimum absolute atomic E-state index is 0.171. The summed E-state index contributed by atoms with van der Waals surface area (Å²) in [6, 6.07) is 7.56. The van der Waals surface area contributed by atoms with Crippen molar-refractivity contribution in [3.8, 4) is 5.75 Å². The van der Waals surface area contributed by atoms with Crippen LogP contribution in [0.3, 0.4) is 0 Å². The van der Waals surface area contributed by atoms with Crippen LogP contribution in [0.5, 0.6) is 5.75 Å². The number of epoxide rings is 3. The number of ether oxygens (including phenoxy) is 4. The highest BCUT2D eigenvalue weighted by Gasteiger charge is 2.27. The SMILES string of the molecule is c1cc(N(OCC2CO2)OCC2CO2)ccc1OCC1CO1. The maximum absolute atomic E-state index is 5.65. The van der Waals surface area contributed by atoms with Crippen LogP contribution < -0.4 is 9.96 Å². The van der Waals surface area contributed by atoms with Crippen LogP contribution in [0.4, 0.5) is 5.69 Å². The van der Waals surface area contributed by atoms with Crippen molar-refractivity contribution in [2.75, 3.05) is 44.9 Å². The highest BCUT2D eigenvalue weighted by molar-refractivity contribution is 5.45. The van der Waals surface area contributed by atoms with Crippen molar-refractivity contribution in [1.29, 1.82) is 0 Å². The highest BCUT2D eigenvalue weighted by Crippen LogP contribution is 2.23. The van der Waals surface area contributed by atoms with Gasteiger partial charge in [0, 0.05) is 0 Å². The van der Waals surface area contributed by atoms with Crippen molar-refractivity contribution >= 4 is 5.69 Å². The Hall–Kier alpha value is -1.38. The van der Waals surface area contributed by atoms with E-state index in [2.05, 4.69) is 0 Å². The fourth-order valence-electron chi connectivity index (χ4n) is 1.83. The molecule has 4 rings (SSSR count). The van der Waals surface area contributed by atoms with E-state index in [0.29, 0.717) is 19.8 Å². The third-order valence-corrected chi connectivity index (χ3v) is 3.45. The number of anilines is 1. The zero-order chi connectivity index (χ0) is 14.8. The largest absolute Gasteiger partial charge is 0.491 e. The van der Waals surface area contributed by atoms with E-state index >= 15 is 0 Å². The first kappa shape index (κ1) is 14.2. The molecule has 3 heterocycles. The summed E-state index contributed by atoms with van der Waals surface area (Å²) in [5.41, 5.74) is 0.802. The minimum atomic E-state index is 0.171. The van der Waals surface area contributed by atoms with Gasteiger partial charge in [0.05, 0.1) is 25.5 Å². The first-order chi connectivity index (χ1) is 10.9. The Morgan fingerprint density at radius 3 is 1.82 bits per heavy atom. The average Bonchev–Trinajstić information content (AvgIpc) is 3.38. The first-order valence-corrected chi connectivity index (χ1v) is 7.50. The third kappa shape index (κ3) is 4.31. The average molecular weight is 309 g/mol. The molecule has 22 heavy (non-hydrogen) atoms. The zero-order valence-corrected chi connectivity index (χ0v) is 12.2. The van der Waals surface area contributed by atoms with Gasteiger partial charge in [-0.1, -0.05) is 0 Å². The maximum atomic E-state index is 5.65. The van der Waals surface area contributed by atoms with Crippen molar-refractivity contribution in [1.82, 2.24) is 0 Å². The maximum Gasteiger partial charge on any atom is 0.119 e. The lowest BCUT2D eigenvalue weighted by atomic mass is 10.3. The molecule has 1 aromatic carbocycles. The number of rotatable bonds is 10. The number of hydrogen-bond donors (Lipinski definition) is 0. The summed E-state index contributed by atoms with van der Waals surface area (Å²) in [6.45, 7) is 3.82. The fourth-order valence-corrected chi connectivity index (χ4v) is 1.83. The number of benzene rings is 1. The Kier molecular flexibility index (Phi) is 4.13. The molecule has 3 fully saturated rings. The van der Waals surface area contributed by atoms with Gasteiger partial charge in [-0.05, 0) is 24.3 Å². The van der Waals surface area contributed by atoms with Gasteiger partial charge >= 0.3 is 0 Å². The second-order valence-electron chi connectivity index (χ2n) is 5.52. The summed E-state index contributed by atoms with van der Waals surface area (Å²) in [6.07, 6.45) is 0.591. The predicted molar refractivity (Wildman–Crippen MR) is 75.5 cm³/mol. The summed E-state index contributed by atoms with van der Waals surface area (Å²) < 4.78 is 21.0. The topological polar surface area (TPSA) is 68.5 Å². The molecule has 3 aliphatic rings. The second-order valence-corrected chi connectivity index (χ2v) is 5.52. The Bertz CT molecular complexity index is 467. The van der Waals surface area contributed by atoms with Crippen LogP contribution >= 0.6 is 0 Å². The molecule has 3 unspecified atom stereocenters. The van der Waals surface area contributed by atoms with E-state index in [1.807, 2.05) is 24.3 Å². The van der Waals surface area contributed by atoms with Gasteiger partial charge in [-0.3, -0.25) is 0 Å².